The molecule has 0 heterocycles. The van der Waals surface area contributed by atoms with E-state index in [0.717, 1.165) is 0 Å². The number of ether oxygens (including phenoxy) is 1. The summed E-state index contributed by atoms with van der Waals surface area (Å²) in [5.74, 6) is 0.0117. The second-order valence-corrected chi connectivity index (χ2v) is 3.25. The fourth-order valence-corrected chi connectivity index (χ4v) is 1.21. The maximum atomic E-state index is 13.0. The summed E-state index contributed by atoms with van der Waals surface area (Å²) in [5.41, 5.74) is 0.680. The van der Waals surface area contributed by atoms with E-state index in [1.807, 2.05) is 0 Å². The average Bonchev–Trinajstić information content (AvgIpc) is 2.30. The minimum absolute atomic E-state index is 0.0313. The molecule has 0 spiro atoms. The summed E-state index contributed by atoms with van der Waals surface area (Å²) in [6, 6.07) is 3.97. The number of aliphatic hydroxyl groups excluding tert-OH is 1. The van der Waals surface area contributed by atoms with Crippen LogP contribution in [-0.4, -0.2) is 29.2 Å². The SMILES string of the molecule is C/C(=N/O)c1cc(F)ccc1OCCCO. The molecule has 0 aromatic heterocycles. The number of rotatable bonds is 5. The summed E-state index contributed by atoms with van der Waals surface area (Å²) >= 11 is 0. The average molecular weight is 227 g/mol. The zero-order valence-corrected chi connectivity index (χ0v) is 8.98. The third-order valence-electron chi connectivity index (χ3n) is 2.04. The normalized spacial score (nSPS) is 11.6. The van der Waals surface area contributed by atoms with Crippen molar-refractivity contribution in [1.29, 1.82) is 0 Å². The van der Waals surface area contributed by atoms with Crippen LogP contribution in [0.1, 0.15) is 18.9 Å². The van der Waals surface area contributed by atoms with Gasteiger partial charge in [0, 0.05) is 18.6 Å². The highest BCUT2D eigenvalue weighted by Crippen LogP contribution is 2.20. The van der Waals surface area contributed by atoms with Crippen LogP contribution in [0.2, 0.25) is 0 Å². The smallest absolute Gasteiger partial charge is 0.128 e. The van der Waals surface area contributed by atoms with Crippen LogP contribution in [0.5, 0.6) is 5.75 Å². The molecule has 1 aromatic carbocycles. The summed E-state index contributed by atoms with van der Waals surface area (Å²) in [4.78, 5) is 0. The van der Waals surface area contributed by atoms with Crippen molar-refractivity contribution < 1.29 is 19.4 Å². The van der Waals surface area contributed by atoms with Crippen LogP contribution in [0.3, 0.4) is 0 Å². The van der Waals surface area contributed by atoms with Gasteiger partial charge in [-0.2, -0.15) is 0 Å². The highest BCUT2D eigenvalue weighted by atomic mass is 19.1. The van der Waals surface area contributed by atoms with E-state index in [9.17, 15) is 4.39 Å². The van der Waals surface area contributed by atoms with Crippen molar-refractivity contribution in [3.63, 3.8) is 0 Å². The first-order valence-electron chi connectivity index (χ1n) is 4.91. The van der Waals surface area contributed by atoms with Crippen molar-refractivity contribution in [3.05, 3.63) is 29.6 Å². The Kier molecular flexibility index (Phi) is 4.72. The molecule has 0 aliphatic carbocycles. The quantitative estimate of drug-likeness (QED) is 0.349. The molecule has 16 heavy (non-hydrogen) atoms. The third kappa shape index (κ3) is 3.20. The Hall–Kier alpha value is -1.62. The minimum atomic E-state index is -0.424. The molecule has 0 aliphatic rings. The van der Waals surface area contributed by atoms with Gasteiger partial charge in [0.1, 0.15) is 11.6 Å². The highest BCUT2D eigenvalue weighted by Gasteiger charge is 2.08. The molecule has 0 radical (unpaired) electrons. The zero-order chi connectivity index (χ0) is 12.0. The Morgan fingerprint density at radius 2 is 2.25 bits per heavy atom. The molecule has 88 valence electrons. The van der Waals surface area contributed by atoms with E-state index in [0.29, 0.717) is 24.3 Å². The van der Waals surface area contributed by atoms with Crippen LogP contribution in [0.15, 0.2) is 23.4 Å². The molecule has 0 saturated carbocycles. The molecule has 2 N–H and O–H groups in total. The standard InChI is InChI=1S/C11H14FNO3/c1-8(13-15)10-7-9(12)3-4-11(10)16-6-2-5-14/h3-4,7,14-15H,2,5-6H2,1H3/b13-8-. The van der Waals surface area contributed by atoms with Gasteiger partial charge in [0.15, 0.2) is 0 Å². The highest BCUT2D eigenvalue weighted by molar-refractivity contribution is 6.00. The molecular weight excluding hydrogens is 213 g/mol. The lowest BCUT2D eigenvalue weighted by Gasteiger charge is -2.10. The van der Waals surface area contributed by atoms with Gasteiger partial charge in [-0.1, -0.05) is 5.16 Å². The van der Waals surface area contributed by atoms with Gasteiger partial charge in [0.2, 0.25) is 0 Å². The van der Waals surface area contributed by atoms with Crippen molar-refractivity contribution in [2.24, 2.45) is 5.16 Å². The minimum Gasteiger partial charge on any atom is -0.493 e. The van der Waals surface area contributed by atoms with Gasteiger partial charge in [-0.25, -0.2) is 4.39 Å². The second-order valence-electron chi connectivity index (χ2n) is 3.25. The summed E-state index contributed by atoms with van der Waals surface area (Å²) in [6.07, 6.45) is 0.492. The largest absolute Gasteiger partial charge is 0.493 e. The van der Waals surface area contributed by atoms with Crippen LogP contribution in [0, 0.1) is 5.82 Å². The van der Waals surface area contributed by atoms with Gasteiger partial charge in [-0.15, -0.1) is 0 Å². The number of halogens is 1. The Morgan fingerprint density at radius 1 is 1.50 bits per heavy atom. The summed E-state index contributed by atoms with van der Waals surface area (Å²) in [5, 5.41) is 20.3. The van der Waals surface area contributed by atoms with Crippen molar-refractivity contribution in [2.45, 2.75) is 13.3 Å². The van der Waals surface area contributed by atoms with Crippen molar-refractivity contribution in [3.8, 4) is 5.75 Å². The van der Waals surface area contributed by atoms with Crippen molar-refractivity contribution >= 4 is 5.71 Å². The van der Waals surface area contributed by atoms with Crippen LogP contribution in [0.25, 0.3) is 0 Å². The molecule has 4 nitrogen and oxygen atoms in total. The Labute approximate surface area is 93.0 Å². The molecule has 0 unspecified atom stereocenters. The number of aliphatic hydroxyl groups is 1. The Balaban J connectivity index is 2.89. The summed E-state index contributed by atoms with van der Waals surface area (Å²) in [7, 11) is 0. The third-order valence-corrected chi connectivity index (χ3v) is 2.04. The fourth-order valence-electron chi connectivity index (χ4n) is 1.21. The number of hydrogen-bond donors (Lipinski definition) is 2. The van der Waals surface area contributed by atoms with E-state index >= 15 is 0 Å². The lowest BCUT2D eigenvalue weighted by molar-refractivity contribution is 0.233. The van der Waals surface area contributed by atoms with E-state index in [4.69, 9.17) is 15.1 Å². The first-order chi connectivity index (χ1) is 7.69. The van der Waals surface area contributed by atoms with Crippen LogP contribution in [-0.2, 0) is 0 Å². The van der Waals surface area contributed by atoms with Crippen molar-refractivity contribution in [2.75, 3.05) is 13.2 Å². The predicted molar refractivity (Wildman–Crippen MR) is 57.6 cm³/mol. The maximum absolute atomic E-state index is 13.0. The van der Waals surface area contributed by atoms with Gasteiger partial charge in [-0.05, 0) is 25.1 Å². The molecular formula is C11H14FNO3. The molecule has 0 atom stereocenters. The van der Waals surface area contributed by atoms with Crippen LogP contribution >= 0.6 is 0 Å². The monoisotopic (exact) mass is 227 g/mol. The first-order valence-corrected chi connectivity index (χ1v) is 4.91. The first kappa shape index (κ1) is 12.4. The molecule has 0 fully saturated rings. The topological polar surface area (TPSA) is 62.1 Å². The number of nitrogens with zero attached hydrogens (tertiary/aromatic N) is 1. The molecule has 0 saturated heterocycles. The molecule has 0 amide bonds. The number of benzene rings is 1. The molecule has 0 bridgehead atoms. The van der Waals surface area contributed by atoms with E-state index in [-0.39, 0.29) is 12.3 Å². The molecule has 5 heteroatoms. The van der Waals surface area contributed by atoms with E-state index in [1.54, 1.807) is 6.92 Å². The second kappa shape index (κ2) is 6.07. The van der Waals surface area contributed by atoms with Gasteiger partial charge in [0.05, 0.1) is 12.3 Å². The summed E-state index contributed by atoms with van der Waals surface area (Å²) in [6.45, 7) is 1.91. The zero-order valence-electron chi connectivity index (χ0n) is 8.98. The number of oxime groups is 1. The predicted octanol–water partition coefficient (Wildman–Crippen LogP) is 1.79. The van der Waals surface area contributed by atoms with E-state index < -0.39 is 5.82 Å². The molecule has 1 aromatic rings. The van der Waals surface area contributed by atoms with Gasteiger partial charge >= 0.3 is 0 Å². The van der Waals surface area contributed by atoms with E-state index in [1.165, 1.54) is 18.2 Å². The van der Waals surface area contributed by atoms with Gasteiger partial charge in [0.25, 0.3) is 0 Å². The Bertz CT molecular complexity index is 379. The molecule has 1 rings (SSSR count). The van der Waals surface area contributed by atoms with Crippen molar-refractivity contribution in [1.82, 2.24) is 0 Å². The lowest BCUT2D eigenvalue weighted by Crippen LogP contribution is -2.05. The van der Waals surface area contributed by atoms with E-state index in [2.05, 4.69) is 5.16 Å². The molecule has 0 aliphatic heterocycles. The van der Waals surface area contributed by atoms with Gasteiger partial charge in [-0.3, -0.25) is 0 Å². The van der Waals surface area contributed by atoms with Gasteiger partial charge < -0.3 is 15.1 Å². The fraction of sp³-hybridized carbons (Fsp3) is 0.364. The lowest BCUT2D eigenvalue weighted by atomic mass is 10.1. The maximum Gasteiger partial charge on any atom is 0.128 e. The Morgan fingerprint density at radius 3 is 2.88 bits per heavy atom. The van der Waals surface area contributed by atoms with Crippen LogP contribution < -0.4 is 4.74 Å². The van der Waals surface area contributed by atoms with Crippen LogP contribution in [0.4, 0.5) is 4.39 Å². The summed E-state index contributed by atoms with van der Waals surface area (Å²) < 4.78 is 18.3. The number of hydrogen-bond acceptors (Lipinski definition) is 4.